The number of halogens is 1. The molecule has 3 rings (SSSR count). The van der Waals surface area contributed by atoms with Crippen molar-refractivity contribution in [3.8, 4) is 5.75 Å². The number of aromatic nitrogens is 2. The molecule has 0 spiro atoms. The summed E-state index contributed by atoms with van der Waals surface area (Å²) in [6, 6.07) is 12.6. The zero-order valence-electron chi connectivity index (χ0n) is 12.2. The molecule has 0 saturated heterocycles. The predicted molar refractivity (Wildman–Crippen MR) is 83.9 cm³/mol. The standard InChI is InChI=1S/C17H15FN2O3/c18-13-5-7-15(8-6-13)23-11-14(21)10-20-17(22)16-4-2-1-3-12(16)9-19-20/h1-9,14,21H,10-11H2/t14-/m0/s1. The first-order valence-electron chi connectivity index (χ1n) is 7.15. The maximum Gasteiger partial charge on any atom is 0.274 e. The van der Waals surface area contributed by atoms with Gasteiger partial charge in [-0.15, -0.1) is 0 Å². The summed E-state index contributed by atoms with van der Waals surface area (Å²) in [4.78, 5) is 12.3. The molecule has 118 valence electrons. The number of hydrogen-bond acceptors (Lipinski definition) is 4. The van der Waals surface area contributed by atoms with Gasteiger partial charge in [-0.05, 0) is 30.3 Å². The van der Waals surface area contributed by atoms with Crippen LogP contribution < -0.4 is 10.3 Å². The van der Waals surface area contributed by atoms with Crippen LogP contribution in [0.5, 0.6) is 5.75 Å². The lowest BCUT2D eigenvalue weighted by atomic mass is 10.2. The van der Waals surface area contributed by atoms with Crippen LogP contribution in [-0.2, 0) is 6.54 Å². The van der Waals surface area contributed by atoms with E-state index in [0.29, 0.717) is 11.1 Å². The highest BCUT2D eigenvalue weighted by molar-refractivity contribution is 5.80. The number of rotatable bonds is 5. The van der Waals surface area contributed by atoms with Gasteiger partial charge in [0.2, 0.25) is 0 Å². The van der Waals surface area contributed by atoms with Crippen molar-refractivity contribution >= 4 is 10.8 Å². The lowest BCUT2D eigenvalue weighted by molar-refractivity contribution is 0.0881. The zero-order valence-corrected chi connectivity index (χ0v) is 12.2. The Morgan fingerprint density at radius 3 is 2.70 bits per heavy atom. The molecule has 0 aliphatic rings. The van der Waals surface area contributed by atoms with Gasteiger partial charge in [0.25, 0.3) is 5.56 Å². The molecule has 1 atom stereocenters. The van der Waals surface area contributed by atoms with Crippen LogP contribution in [0.3, 0.4) is 0 Å². The van der Waals surface area contributed by atoms with Crippen LogP contribution in [0.25, 0.3) is 10.8 Å². The van der Waals surface area contributed by atoms with E-state index in [9.17, 15) is 14.3 Å². The highest BCUT2D eigenvalue weighted by Gasteiger charge is 2.10. The second kappa shape index (κ2) is 6.58. The molecule has 0 bridgehead atoms. The summed E-state index contributed by atoms with van der Waals surface area (Å²) in [5, 5.41) is 15.4. The second-order valence-electron chi connectivity index (χ2n) is 5.14. The Morgan fingerprint density at radius 2 is 1.91 bits per heavy atom. The van der Waals surface area contributed by atoms with Crippen LogP contribution >= 0.6 is 0 Å². The molecule has 1 aromatic heterocycles. The van der Waals surface area contributed by atoms with Gasteiger partial charge in [-0.3, -0.25) is 4.79 Å². The molecule has 0 aliphatic heterocycles. The SMILES string of the molecule is O=c1c2ccccc2cnn1C[C@H](O)COc1ccc(F)cc1. The monoisotopic (exact) mass is 314 g/mol. The van der Waals surface area contributed by atoms with Crippen molar-refractivity contribution in [2.24, 2.45) is 0 Å². The normalized spacial score (nSPS) is 12.3. The van der Waals surface area contributed by atoms with Crippen LogP contribution in [-0.4, -0.2) is 27.6 Å². The Bertz CT molecular complexity index is 862. The smallest absolute Gasteiger partial charge is 0.274 e. The Hall–Kier alpha value is -2.73. The summed E-state index contributed by atoms with van der Waals surface area (Å²) in [6.07, 6.45) is 0.677. The van der Waals surface area contributed by atoms with Crippen molar-refractivity contribution in [2.45, 2.75) is 12.6 Å². The summed E-state index contributed by atoms with van der Waals surface area (Å²) in [6.45, 7) is -0.00254. The Kier molecular flexibility index (Phi) is 4.34. The third kappa shape index (κ3) is 3.54. The van der Waals surface area contributed by atoms with Crippen LogP contribution in [0.2, 0.25) is 0 Å². The van der Waals surface area contributed by atoms with E-state index in [-0.39, 0.29) is 24.5 Å². The first-order valence-corrected chi connectivity index (χ1v) is 7.15. The second-order valence-corrected chi connectivity index (χ2v) is 5.14. The number of hydrogen-bond donors (Lipinski definition) is 1. The Balaban J connectivity index is 1.68. The van der Waals surface area contributed by atoms with E-state index in [0.717, 1.165) is 5.39 Å². The Labute approximate surface area is 131 Å². The van der Waals surface area contributed by atoms with Crippen LogP contribution in [0.4, 0.5) is 4.39 Å². The van der Waals surface area contributed by atoms with E-state index in [1.54, 1.807) is 18.3 Å². The lowest BCUT2D eigenvalue weighted by Gasteiger charge is -2.13. The maximum atomic E-state index is 12.8. The van der Waals surface area contributed by atoms with Gasteiger partial charge in [0, 0.05) is 5.39 Å². The molecule has 0 fully saturated rings. The molecule has 2 aromatic carbocycles. The van der Waals surface area contributed by atoms with Gasteiger partial charge >= 0.3 is 0 Å². The quantitative estimate of drug-likeness (QED) is 0.782. The number of aliphatic hydroxyl groups excluding tert-OH is 1. The maximum absolute atomic E-state index is 12.8. The first-order chi connectivity index (χ1) is 11.1. The van der Waals surface area contributed by atoms with Crippen molar-refractivity contribution in [1.29, 1.82) is 0 Å². The Morgan fingerprint density at radius 1 is 1.17 bits per heavy atom. The number of benzene rings is 2. The van der Waals surface area contributed by atoms with E-state index in [1.807, 2.05) is 12.1 Å². The third-order valence-electron chi connectivity index (χ3n) is 3.40. The summed E-state index contributed by atoms with van der Waals surface area (Å²) in [7, 11) is 0. The summed E-state index contributed by atoms with van der Waals surface area (Å²) >= 11 is 0. The number of fused-ring (bicyclic) bond motifs is 1. The molecule has 1 N–H and O–H groups in total. The molecule has 0 radical (unpaired) electrons. The topological polar surface area (TPSA) is 64.4 Å². The molecule has 0 unspecified atom stereocenters. The molecule has 5 nitrogen and oxygen atoms in total. The van der Waals surface area contributed by atoms with Crippen LogP contribution in [0.15, 0.2) is 59.5 Å². The molecule has 6 heteroatoms. The van der Waals surface area contributed by atoms with Crippen LogP contribution in [0.1, 0.15) is 0 Å². The number of nitrogens with zero attached hydrogens (tertiary/aromatic N) is 2. The first kappa shape index (κ1) is 15.2. The molecule has 0 amide bonds. The fourth-order valence-corrected chi connectivity index (χ4v) is 2.23. The molecule has 1 heterocycles. The lowest BCUT2D eigenvalue weighted by Crippen LogP contribution is -2.31. The number of ether oxygens (including phenoxy) is 1. The number of aliphatic hydroxyl groups is 1. The molecule has 0 saturated carbocycles. The van der Waals surface area contributed by atoms with Gasteiger partial charge in [0.15, 0.2) is 0 Å². The van der Waals surface area contributed by atoms with Gasteiger partial charge in [-0.2, -0.15) is 5.10 Å². The van der Waals surface area contributed by atoms with Gasteiger partial charge in [-0.1, -0.05) is 18.2 Å². The molecular weight excluding hydrogens is 299 g/mol. The fraction of sp³-hybridized carbons (Fsp3) is 0.176. The van der Waals surface area contributed by atoms with Gasteiger partial charge in [-0.25, -0.2) is 9.07 Å². The fourth-order valence-electron chi connectivity index (χ4n) is 2.23. The highest BCUT2D eigenvalue weighted by atomic mass is 19.1. The van der Waals surface area contributed by atoms with E-state index in [1.165, 1.54) is 28.9 Å². The molecule has 0 aliphatic carbocycles. The van der Waals surface area contributed by atoms with Crippen molar-refractivity contribution in [1.82, 2.24) is 9.78 Å². The molecule has 3 aromatic rings. The summed E-state index contributed by atoms with van der Waals surface area (Å²) < 4.78 is 19.4. The van der Waals surface area contributed by atoms with Gasteiger partial charge < -0.3 is 9.84 Å². The molecule has 23 heavy (non-hydrogen) atoms. The van der Waals surface area contributed by atoms with Gasteiger partial charge in [0.1, 0.15) is 24.3 Å². The van der Waals surface area contributed by atoms with Crippen molar-refractivity contribution < 1.29 is 14.2 Å². The van der Waals surface area contributed by atoms with Crippen molar-refractivity contribution in [3.63, 3.8) is 0 Å². The van der Waals surface area contributed by atoms with E-state index < -0.39 is 6.10 Å². The van der Waals surface area contributed by atoms with Crippen molar-refractivity contribution in [2.75, 3.05) is 6.61 Å². The van der Waals surface area contributed by atoms with E-state index in [4.69, 9.17) is 4.74 Å². The minimum Gasteiger partial charge on any atom is -0.491 e. The van der Waals surface area contributed by atoms with Crippen molar-refractivity contribution in [3.05, 3.63) is 70.9 Å². The summed E-state index contributed by atoms with van der Waals surface area (Å²) in [5.74, 6) is 0.0917. The average Bonchev–Trinajstić information content (AvgIpc) is 2.57. The highest BCUT2D eigenvalue weighted by Crippen LogP contribution is 2.11. The third-order valence-corrected chi connectivity index (χ3v) is 3.40. The molecular formula is C17H15FN2O3. The zero-order chi connectivity index (χ0) is 16.2. The largest absolute Gasteiger partial charge is 0.491 e. The minimum absolute atomic E-state index is 0.0187. The predicted octanol–water partition coefficient (Wildman–Crippen LogP) is 1.98. The average molecular weight is 314 g/mol. The minimum atomic E-state index is -0.911. The van der Waals surface area contributed by atoms with Crippen LogP contribution in [0, 0.1) is 5.82 Å². The van der Waals surface area contributed by atoms with Gasteiger partial charge in [0.05, 0.1) is 18.1 Å². The van der Waals surface area contributed by atoms with E-state index >= 15 is 0 Å². The van der Waals surface area contributed by atoms with E-state index in [2.05, 4.69) is 5.10 Å². The summed E-state index contributed by atoms with van der Waals surface area (Å²) in [5.41, 5.74) is -0.260.